The van der Waals surface area contributed by atoms with Crippen LogP contribution in [0.5, 0.6) is 5.88 Å². The van der Waals surface area contributed by atoms with E-state index < -0.39 is 5.97 Å². The van der Waals surface area contributed by atoms with Gasteiger partial charge in [-0.1, -0.05) is 24.8 Å². The summed E-state index contributed by atoms with van der Waals surface area (Å²) in [5.74, 6) is -0.488. The van der Waals surface area contributed by atoms with E-state index in [-0.39, 0.29) is 18.9 Å². The van der Waals surface area contributed by atoms with Gasteiger partial charge in [0, 0.05) is 13.2 Å². The van der Waals surface area contributed by atoms with Crippen molar-refractivity contribution in [2.75, 3.05) is 20.8 Å². The van der Waals surface area contributed by atoms with Crippen molar-refractivity contribution < 1.29 is 19.4 Å². The number of ether oxygens (including phenoxy) is 2. The minimum absolute atomic E-state index is 0.000179. The van der Waals surface area contributed by atoms with E-state index in [4.69, 9.17) is 4.74 Å². The quantitative estimate of drug-likeness (QED) is 0.605. The van der Waals surface area contributed by atoms with Crippen LogP contribution < -0.4 is 0 Å². The summed E-state index contributed by atoms with van der Waals surface area (Å²) < 4.78 is 10.9. The van der Waals surface area contributed by atoms with Gasteiger partial charge in [0.05, 0.1) is 31.5 Å². The van der Waals surface area contributed by atoms with Gasteiger partial charge < -0.3 is 14.6 Å². The predicted molar refractivity (Wildman–Crippen MR) is 75.1 cm³/mol. The zero-order chi connectivity index (χ0) is 15.0. The number of allylic oxidation sites excluding steroid dienone is 4. The van der Waals surface area contributed by atoms with Crippen molar-refractivity contribution in [2.24, 2.45) is 0 Å². The molecular weight excluding hydrogens is 260 g/mol. The van der Waals surface area contributed by atoms with Gasteiger partial charge in [0.2, 0.25) is 5.88 Å². The lowest BCUT2D eigenvalue weighted by Gasteiger charge is -2.06. The average molecular weight is 278 g/mol. The smallest absolute Gasteiger partial charge is 0.311 e. The first-order valence-electron chi connectivity index (χ1n) is 5.94. The lowest BCUT2D eigenvalue weighted by atomic mass is 10.3. The highest BCUT2D eigenvalue weighted by Crippen LogP contribution is 2.18. The van der Waals surface area contributed by atoms with Crippen molar-refractivity contribution >= 4 is 11.7 Å². The van der Waals surface area contributed by atoms with Crippen LogP contribution in [-0.2, 0) is 20.7 Å². The number of carbonyl (C=O) groups is 1. The molecule has 0 aliphatic carbocycles. The maximum atomic E-state index is 11.2. The highest BCUT2D eigenvalue weighted by molar-refractivity contribution is 5.72. The topological polar surface area (TPSA) is 73.6 Å². The van der Waals surface area contributed by atoms with Gasteiger partial charge in [0.25, 0.3) is 0 Å². The van der Waals surface area contributed by atoms with Crippen LogP contribution in [0.1, 0.15) is 5.69 Å². The van der Waals surface area contributed by atoms with E-state index in [1.54, 1.807) is 31.4 Å². The number of aromatic hydroxyl groups is 1. The second-order valence-corrected chi connectivity index (χ2v) is 3.87. The summed E-state index contributed by atoms with van der Waals surface area (Å²) in [6, 6.07) is 1.41. The van der Waals surface area contributed by atoms with E-state index in [0.717, 1.165) is 0 Å². The second kappa shape index (κ2) is 7.96. The molecule has 0 bridgehead atoms. The van der Waals surface area contributed by atoms with Crippen molar-refractivity contribution in [3.63, 3.8) is 0 Å². The normalized spacial score (nSPS) is 11.8. The third-order valence-electron chi connectivity index (χ3n) is 2.39. The Kier molecular flexibility index (Phi) is 6.25. The van der Waals surface area contributed by atoms with E-state index >= 15 is 0 Å². The highest BCUT2D eigenvalue weighted by Gasteiger charge is 2.13. The van der Waals surface area contributed by atoms with Gasteiger partial charge in [-0.15, -0.1) is 0 Å². The summed E-state index contributed by atoms with van der Waals surface area (Å²) in [5.41, 5.74) is 1.04. The maximum Gasteiger partial charge on any atom is 0.311 e. The lowest BCUT2D eigenvalue weighted by molar-refractivity contribution is -0.139. The minimum Gasteiger partial charge on any atom is -0.493 e. The van der Waals surface area contributed by atoms with Gasteiger partial charge >= 0.3 is 5.97 Å². The van der Waals surface area contributed by atoms with E-state index in [1.165, 1.54) is 17.9 Å². The van der Waals surface area contributed by atoms with Crippen LogP contribution >= 0.6 is 0 Å². The van der Waals surface area contributed by atoms with Crippen LogP contribution in [0.15, 0.2) is 36.9 Å². The molecule has 20 heavy (non-hydrogen) atoms. The Hall–Kier alpha value is -2.34. The summed E-state index contributed by atoms with van der Waals surface area (Å²) >= 11 is 0. The van der Waals surface area contributed by atoms with Crippen LogP contribution in [0.3, 0.4) is 0 Å². The molecule has 6 nitrogen and oxygen atoms in total. The van der Waals surface area contributed by atoms with Gasteiger partial charge in [-0.2, -0.15) is 5.10 Å². The minimum atomic E-state index is -0.418. The van der Waals surface area contributed by atoms with Crippen LogP contribution in [0.2, 0.25) is 0 Å². The molecule has 0 spiro atoms. The number of carbonyl (C=O) groups excluding carboxylic acids is 1. The first-order chi connectivity index (χ1) is 9.62. The molecule has 0 aromatic carbocycles. The summed E-state index contributed by atoms with van der Waals surface area (Å²) in [5, 5.41) is 14.0. The molecule has 0 aliphatic rings. The molecule has 1 aromatic heterocycles. The van der Waals surface area contributed by atoms with Gasteiger partial charge in [-0.3, -0.25) is 4.79 Å². The standard InChI is InChI=1S/C14H18N2O4/c1-4-5-6-7-12(10-19-2)16-13(17)8-11(15-16)9-14(18)20-3/h4-8,17H,1,9-10H2,2-3H3/b6-5-,12-7+. The highest BCUT2D eigenvalue weighted by atomic mass is 16.5. The Labute approximate surface area is 117 Å². The van der Waals surface area contributed by atoms with Gasteiger partial charge in [-0.05, 0) is 6.08 Å². The van der Waals surface area contributed by atoms with Crippen LogP contribution in [0, 0.1) is 0 Å². The van der Waals surface area contributed by atoms with Crippen molar-refractivity contribution in [2.45, 2.75) is 6.42 Å². The first kappa shape index (κ1) is 15.7. The molecule has 0 saturated carbocycles. The predicted octanol–water partition coefficient (Wildman–Crippen LogP) is 1.53. The number of esters is 1. The number of rotatable bonds is 7. The molecule has 0 radical (unpaired) electrons. The molecule has 1 aromatic rings. The average Bonchev–Trinajstić information content (AvgIpc) is 2.78. The molecule has 0 atom stereocenters. The molecule has 1 heterocycles. The van der Waals surface area contributed by atoms with Crippen molar-refractivity contribution in [1.82, 2.24) is 9.78 Å². The molecule has 0 saturated heterocycles. The Morgan fingerprint density at radius 1 is 1.50 bits per heavy atom. The number of nitrogens with zero attached hydrogens (tertiary/aromatic N) is 2. The second-order valence-electron chi connectivity index (χ2n) is 3.87. The van der Waals surface area contributed by atoms with E-state index in [9.17, 15) is 9.90 Å². The zero-order valence-electron chi connectivity index (χ0n) is 11.6. The third-order valence-corrected chi connectivity index (χ3v) is 2.39. The summed E-state index contributed by atoms with van der Waals surface area (Å²) in [6.45, 7) is 3.83. The Morgan fingerprint density at radius 2 is 2.25 bits per heavy atom. The van der Waals surface area contributed by atoms with Gasteiger partial charge in [0.15, 0.2) is 0 Å². The molecule has 6 heteroatoms. The van der Waals surface area contributed by atoms with Crippen LogP contribution in [-0.4, -0.2) is 41.7 Å². The molecule has 0 fully saturated rings. The third kappa shape index (κ3) is 4.40. The summed E-state index contributed by atoms with van der Waals surface area (Å²) in [4.78, 5) is 11.2. The zero-order valence-corrected chi connectivity index (χ0v) is 11.6. The summed E-state index contributed by atoms with van der Waals surface area (Å²) in [7, 11) is 2.84. The Morgan fingerprint density at radius 3 is 2.85 bits per heavy atom. The number of methoxy groups -OCH3 is 2. The van der Waals surface area contributed by atoms with Crippen molar-refractivity contribution in [3.05, 3.63) is 42.6 Å². The number of hydrogen-bond acceptors (Lipinski definition) is 5. The monoisotopic (exact) mass is 278 g/mol. The Balaban J connectivity index is 3.02. The molecule has 1 N–H and O–H groups in total. The Bertz CT molecular complexity index is 529. The van der Waals surface area contributed by atoms with E-state index in [0.29, 0.717) is 11.4 Å². The van der Waals surface area contributed by atoms with Crippen LogP contribution in [0.25, 0.3) is 5.70 Å². The molecule has 0 aliphatic heterocycles. The molecule has 108 valence electrons. The maximum absolute atomic E-state index is 11.2. The van der Waals surface area contributed by atoms with Gasteiger partial charge in [0.1, 0.15) is 0 Å². The SMILES string of the molecule is C=C/C=C\C=C(/COC)n1nc(CC(=O)OC)cc1O. The first-order valence-corrected chi connectivity index (χ1v) is 5.94. The van der Waals surface area contributed by atoms with Crippen molar-refractivity contribution in [1.29, 1.82) is 0 Å². The molecule has 1 rings (SSSR count). The lowest BCUT2D eigenvalue weighted by Crippen LogP contribution is -2.08. The fourth-order valence-electron chi connectivity index (χ4n) is 1.51. The summed E-state index contributed by atoms with van der Waals surface area (Å²) in [6.07, 6.45) is 6.86. The van der Waals surface area contributed by atoms with Crippen LogP contribution in [0.4, 0.5) is 0 Å². The largest absolute Gasteiger partial charge is 0.493 e. The van der Waals surface area contributed by atoms with E-state index in [2.05, 4.69) is 16.4 Å². The fraction of sp³-hybridized carbons (Fsp3) is 0.286. The molecular formula is C14H18N2O4. The van der Waals surface area contributed by atoms with Gasteiger partial charge in [-0.25, -0.2) is 4.68 Å². The fourth-order valence-corrected chi connectivity index (χ4v) is 1.51. The number of hydrogen-bond donors (Lipinski definition) is 1. The molecule has 0 unspecified atom stereocenters. The molecule has 0 amide bonds. The number of aromatic nitrogens is 2. The van der Waals surface area contributed by atoms with Crippen molar-refractivity contribution in [3.8, 4) is 5.88 Å². The van der Waals surface area contributed by atoms with E-state index in [1.807, 2.05) is 0 Å².